The number of rotatable bonds is 6. The Bertz CT molecular complexity index is 1180. The Balaban J connectivity index is 1.39. The zero-order chi connectivity index (χ0) is 20.2. The van der Waals surface area contributed by atoms with Gasteiger partial charge in [-0.15, -0.1) is 0 Å². The number of amides is 1. The number of nitrogens with one attached hydrogen (secondary N) is 2. The van der Waals surface area contributed by atoms with Gasteiger partial charge in [-0.05, 0) is 48.5 Å². The van der Waals surface area contributed by atoms with Crippen LogP contribution in [0.3, 0.4) is 0 Å². The highest BCUT2D eigenvalue weighted by Crippen LogP contribution is 2.18. The van der Waals surface area contributed by atoms with E-state index in [2.05, 4.69) is 20.6 Å². The Morgan fingerprint density at radius 3 is 2.72 bits per heavy atom. The SMILES string of the molecule is O=C(NCCn1nc(-c2ccco2)ccc1=O)c1cc(-c2ccc(F)cc2)n[nH]1. The van der Waals surface area contributed by atoms with Crippen molar-refractivity contribution in [3.05, 3.63) is 82.7 Å². The molecule has 0 saturated carbocycles. The molecule has 0 aliphatic heterocycles. The molecule has 1 aromatic carbocycles. The van der Waals surface area contributed by atoms with Gasteiger partial charge < -0.3 is 9.73 Å². The molecule has 0 spiro atoms. The highest BCUT2D eigenvalue weighted by atomic mass is 19.1. The van der Waals surface area contributed by atoms with Crippen LogP contribution in [0.4, 0.5) is 4.39 Å². The smallest absolute Gasteiger partial charge is 0.269 e. The topological polar surface area (TPSA) is 106 Å². The number of H-pyrrole nitrogens is 1. The average Bonchev–Trinajstić information content (AvgIpc) is 3.42. The maximum Gasteiger partial charge on any atom is 0.269 e. The number of aromatic amines is 1. The molecule has 0 aliphatic carbocycles. The maximum atomic E-state index is 13.0. The Hall–Kier alpha value is -4.01. The zero-order valence-corrected chi connectivity index (χ0v) is 15.1. The van der Waals surface area contributed by atoms with Crippen molar-refractivity contribution in [2.24, 2.45) is 0 Å². The molecule has 3 aromatic heterocycles. The molecule has 4 aromatic rings. The van der Waals surface area contributed by atoms with Crippen LogP contribution >= 0.6 is 0 Å². The Morgan fingerprint density at radius 1 is 1.14 bits per heavy atom. The summed E-state index contributed by atoms with van der Waals surface area (Å²) in [6.07, 6.45) is 1.53. The number of carbonyl (C=O) groups excluding carboxylic acids is 1. The lowest BCUT2D eigenvalue weighted by Crippen LogP contribution is -2.32. The van der Waals surface area contributed by atoms with Crippen molar-refractivity contribution in [1.29, 1.82) is 0 Å². The minimum absolute atomic E-state index is 0.193. The van der Waals surface area contributed by atoms with Crippen LogP contribution in [-0.4, -0.2) is 32.4 Å². The molecule has 4 rings (SSSR count). The fourth-order valence-electron chi connectivity index (χ4n) is 2.74. The summed E-state index contributed by atoms with van der Waals surface area (Å²) in [6.45, 7) is 0.385. The number of halogens is 1. The number of nitrogens with zero attached hydrogens (tertiary/aromatic N) is 3. The first-order valence-electron chi connectivity index (χ1n) is 8.82. The molecule has 3 heterocycles. The second-order valence-corrected chi connectivity index (χ2v) is 6.19. The Morgan fingerprint density at radius 2 is 1.97 bits per heavy atom. The first kappa shape index (κ1) is 18.4. The van der Waals surface area contributed by atoms with Crippen LogP contribution in [-0.2, 0) is 6.54 Å². The predicted molar refractivity (Wildman–Crippen MR) is 103 cm³/mol. The van der Waals surface area contributed by atoms with Crippen molar-refractivity contribution < 1.29 is 13.6 Å². The number of benzene rings is 1. The molecule has 146 valence electrons. The molecule has 8 nitrogen and oxygen atoms in total. The average molecular weight is 393 g/mol. The lowest BCUT2D eigenvalue weighted by atomic mass is 10.1. The van der Waals surface area contributed by atoms with E-state index in [4.69, 9.17) is 4.42 Å². The molecule has 29 heavy (non-hydrogen) atoms. The third kappa shape index (κ3) is 4.13. The van der Waals surface area contributed by atoms with E-state index < -0.39 is 0 Å². The van der Waals surface area contributed by atoms with Gasteiger partial charge in [0.05, 0.1) is 18.5 Å². The predicted octanol–water partition coefficient (Wildman–Crippen LogP) is 2.46. The molecule has 0 fully saturated rings. The fraction of sp³-hybridized carbons (Fsp3) is 0.100. The fourth-order valence-corrected chi connectivity index (χ4v) is 2.74. The Labute approximate surface area is 164 Å². The van der Waals surface area contributed by atoms with Crippen LogP contribution in [0, 0.1) is 5.82 Å². The molecule has 0 aliphatic rings. The number of furan rings is 1. The largest absolute Gasteiger partial charge is 0.463 e. The molecule has 9 heteroatoms. The molecule has 0 radical (unpaired) electrons. The quantitative estimate of drug-likeness (QED) is 0.523. The standard InChI is InChI=1S/C20H16FN5O3/c21-14-5-3-13(4-6-14)16-12-17(24-23-16)20(28)22-9-10-26-19(27)8-7-15(25-26)18-2-1-11-29-18/h1-8,11-12H,9-10H2,(H,22,28)(H,23,24). The minimum Gasteiger partial charge on any atom is -0.463 e. The third-order valence-electron chi connectivity index (χ3n) is 4.21. The van der Waals surface area contributed by atoms with Crippen molar-refractivity contribution in [2.45, 2.75) is 6.54 Å². The van der Waals surface area contributed by atoms with Gasteiger partial charge in [0.2, 0.25) is 0 Å². The monoisotopic (exact) mass is 393 g/mol. The molecular weight excluding hydrogens is 377 g/mol. The first-order chi connectivity index (χ1) is 14.1. The van der Waals surface area contributed by atoms with E-state index in [1.165, 1.54) is 29.1 Å². The van der Waals surface area contributed by atoms with Crippen LogP contribution in [0.5, 0.6) is 0 Å². The summed E-state index contributed by atoms with van der Waals surface area (Å²) in [5, 5.41) is 13.7. The maximum absolute atomic E-state index is 13.0. The van der Waals surface area contributed by atoms with E-state index in [0.717, 1.165) is 0 Å². The normalized spacial score (nSPS) is 10.8. The third-order valence-corrected chi connectivity index (χ3v) is 4.21. The molecule has 2 N–H and O–H groups in total. The number of hydrogen-bond donors (Lipinski definition) is 2. The van der Waals surface area contributed by atoms with Crippen molar-refractivity contribution in [3.8, 4) is 22.7 Å². The van der Waals surface area contributed by atoms with Crippen molar-refractivity contribution in [1.82, 2.24) is 25.3 Å². The summed E-state index contributed by atoms with van der Waals surface area (Å²) in [6, 6.07) is 13.8. The molecule has 1 amide bonds. The van der Waals surface area contributed by atoms with E-state index in [1.54, 1.807) is 36.4 Å². The molecule has 0 saturated heterocycles. The summed E-state index contributed by atoms with van der Waals surface area (Å²) >= 11 is 0. The van der Waals surface area contributed by atoms with Gasteiger partial charge in [0.1, 0.15) is 17.2 Å². The van der Waals surface area contributed by atoms with Crippen molar-refractivity contribution in [3.63, 3.8) is 0 Å². The van der Waals surface area contributed by atoms with E-state index in [9.17, 15) is 14.0 Å². The van der Waals surface area contributed by atoms with Crippen LogP contribution in [0.1, 0.15) is 10.5 Å². The number of aromatic nitrogens is 4. The van der Waals surface area contributed by atoms with Gasteiger partial charge in [-0.1, -0.05) is 0 Å². The van der Waals surface area contributed by atoms with E-state index in [-0.39, 0.29) is 36.1 Å². The summed E-state index contributed by atoms with van der Waals surface area (Å²) in [5.41, 5.74) is 1.72. The second-order valence-electron chi connectivity index (χ2n) is 6.19. The van der Waals surface area contributed by atoms with E-state index in [0.29, 0.717) is 22.7 Å². The molecular formula is C20H16FN5O3. The van der Waals surface area contributed by atoms with E-state index in [1.807, 2.05) is 0 Å². The minimum atomic E-state index is -0.374. The van der Waals surface area contributed by atoms with Gasteiger partial charge in [0.25, 0.3) is 11.5 Å². The van der Waals surface area contributed by atoms with Gasteiger partial charge in [-0.25, -0.2) is 9.07 Å². The Kier molecular flexibility index (Phi) is 5.02. The second kappa shape index (κ2) is 7.93. The summed E-state index contributed by atoms with van der Waals surface area (Å²) in [4.78, 5) is 24.3. The van der Waals surface area contributed by atoms with Gasteiger partial charge >= 0.3 is 0 Å². The molecule has 0 unspecified atom stereocenters. The van der Waals surface area contributed by atoms with Gasteiger partial charge in [0, 0.05) is 18.2 Å². The molecule has 0 bridgehead atoms. The van der Waals surface area contributed by atoms with Crippen LogP contribution < -0.4 is 10.9 Å². The lowest BCUT2D eigenvalue weighted by molar-refractivity contribution is 0.0946. The highest BCUT2D eigenvalue weighted by molar-refractivity contribution is 5.93. The summed E-state index contributed by atoms with van der Waals surface area (Å²) in [7, 11) is 0. The summed E-state index contributed by atoms with van der Waals surface area (Å²) < 4.78 is 19.6. The highest BCUT2D eigenvalue weighted by Gasteiger charge is 2.11. The van der Waals surface area contributed by atoms with Crippen LogP contribution in [0.2, 0.25) is 0 Å². The summed E-state index contributed by atoms with van der Waals surface area (Å²) in [5.74, 6) is -0.170. The molecule has 0 atom stereocenters. The van der Waals surface area contributed by atoms with E-state index >= 15 is 0 Å². The lowest BCUT2D eigenvalue weighted by Gasteiger charge is -2.07. The van der Waals surface area contributed by atoms with Crippen molar-refractivity contribution in [2.75, 3.05) is 6.54 Å². The van der Waals surface area contributed by atoms with Gasteiger partial charge in [-0.3, -0.25) is 14.7 Å². The number of carbonyl (C=O) groups is 1. The van der Waals surface area contributed by atoms with Gasteiger partial charge in [-0.2, -0.15) is 10.2 Å². The zero-order valence-electron chi connectivity index (χ0n) is 15.1. The van der Waals surface area contributed by atoms with Crippen molar-refractivity contribution >= 4 is 5.91 Å². The van der Waals surface area contributed by atoms with Gasteiger partial charge in [0.15, 0.2) is 5.76 Å². The van der Waals surface area contributed by atoms with Crippen LogP contribution in [0.15, 0.2) is 70.1 Å². The van der Waals surface area contributed by atoms with Crippen LogP contribution in [0.25, 0.3) is 22.7 Å². The first-order valence-corrected chi connectivity index (χ1v) is 8.82. The number of hydrogen-bond acceptors (Lipinski definition) is 5.